The van der Waals surface area contributed by atoms with E-state index in [-0.39, 0.29) is 6.04 Å². The molecule has 28 heavy (non-hydrogen) atoms. The maximum absolute atomic E-state index is 3.81. The highest BCUT2D eigenvalue weighted by atomic mass is 14.9. The highest BCUT2D eigenvalue weighted by molar-refractivity contribution is 5.80. The van der Waals surface area contributed by atoms with Crippen molar-refractivity contribution in [1.29, 1.82) is 0 Å². The van der Waals surface area contributed by atoms with Gasteiger partial charge in [-0.3, -0.25) is 0 Å². The minimum atomic E-state index is 0.0672. The van der Waals surface area contributed by atoms with Gasteiger partial charge in [-0.25, -0.2) is 0 Å². The van der Waals surface area contributed by atoms with E-state index in [4.69, 9.17) is 0 Å². The maximum atomic E-state index is 3.81. The summed E-state index contributed by atoms with van der Waals surface area (Å²) < 4.78 is 0. The van der Waals surface area contributed by atoms with Crippen molar-refractivity contribution in [3.8, 4) is 0 Å². The third-order valence-electron chi connectivity index (χ3n) is 4.76. The van der Waals surface area contributed by atoms with Gasteiger partial charge in [-0.2, -0.15) is 0 Å². The average molecular weight is 361 g/mol. The van der Waals surface area contributed by atoms with Crippen molar-refractivity contribution < 1.29 is 0 Å². The molecular weight excluding hydrogens is 338 g/mol. The van der Waals surface area contributed by atoms with Gasteiger partial charge in [-0.15, -0.1) is 0 Å². The number of hydrogen-bond donors (Lipinski definition) is 1. The van der Waals surface area contributed by atoms with Crippen LogP contribution in [0, 0.1) is 0 Å². The summed E-state index contributed by atoms with van der Waals surface area (Å²) >= 11 is 0. The number of hydrogen-bond acceptors (Lipinski definition) is 1. The summed E-state index contributed by atoms with van der Waals surface area (Å²) in [5.41, 5.74) is 5.92. The molecule has 0 aliphatic rings. The second kappa shape index (κ2) is 8.88. The van der Waals surface area contributed by atoms with E-state index in [9.17, 15) is 0 Å². The van der Waals surface area contributed by atoms with Gasteiger partial charge < -0.3 is 5.32 Å². The summed E-state index contributed by atoms with van der Waals surface area (Å²) in [5, 5.41) is 3.81. The summed E-state index contributed by atoms with van der Waals surface area (Å²) in [5.74, 6) is 0. The van der Waals surface area contributed by atoms with Crippen molar-refractivity contribution in [1.82, 2.24) is 5.32 Å². The van der Waals surface area contributed by atoms with Crippen LogP contribution in [0.25, 0.3) is 11.8 Å². The van der Waals surface area contributed by atoms with E-state index >= 15 is 0 Å². The van der Waals surface area contributed by atoms with Crippen molar-refractivity contribution in [3.63, 3.8) is 0 Å². The van der Waals surface area contributed by atoms with Crippen LogP contribution < -0.4 is 5.32 Å². The molecule has 1 heteroatoms. The van der Waals surface area contributed by atoms with Crippen LogP contribution in [0.15, 0.2) is 121 Å². The van der Waals surface area contributed by atoms with Crippen molar-refractivity contribution in [2.24, 2.45) is 0 Å². The van der Waals surface area contributed by atoms with Gasteiger partial charge in [0.25, 0.3) is 0 Å². The quantitative estimate of drug-likeness (QED) is 0.383. The first-order chi connectivity index (χ1) is 13.9. The summed E-state index contributed by atoms with van der Waals surface area (Å²) in [7, 11) is 0. The fourth-order valence-corrected chi connectivity index (χ4v) is 3.35. The van der Waals surface area contributed by atoms with Crippen LogP contribution in [-0.4, -0.2) is 0 Å². The molecule has 1 nitrogen and oxygen atoms in total. The Hall–Kier alpha value is -3.58. The predicted molar refractivity (Wildman–Crippen MR) is 119 cm³/mol. The van der Waals surface area contributed by atoms with E-state index in [2.05, 4.69) is 127 Å². The van der Waals surface area contributed by atoms with Crippen molar-refractivity contribution in [2.75, 3.05) is 0 Å². The van der Waals surface area contributed by atoms with Crippen LogP contribution in [0.5, 0.6) is 0 Å². The van der Waals surface area contributed by atoms with Gasteiger partial charge in [-0.1, -0.05) is 121 Å². The SMILES string of the molecule is C(=C(NC(c1ccccc1)c1ccccc1)c1ccccc1)c1ccccc1. The Morgan fingerprint density at radius 1 is 0.536 bits per heavy atom. The Balaban J connectivity index is 1.78. The molecule has 0 aromatic heterocycles. The number of benzene rings is 4. The Morgan fingerprint density at radius 3 is 1.46 bits per heavy atom. The molecule has 136 valence electrons. The predicted octanol–water partition coefficient (Wildman–Crippen LogP) is 6.56. The minimum absolute atomic E-state index is 0.0672. The van der Waals surface area contributed by atoms with Crippen molar-refractivity contribution >= 4 is 11.8 Å². The zero-order chi connectivity index (χ0) is 19.0. The van der Waals surface area contributed by atoms with Crippen LogP contribution in [0.2, 0.25) is 0 Å². The molecule has 4 rings (SSSR count). The van der Waals surface area contributed by atoms with E-state index in [0.717, 1.165) is 5.70 Å². The standard InChI is InChI=1S/C27H23N/c1-5-13-22(14-6-1)21-26(23-15-7-2-8-16-23)28-27(24-17-9-3-10-18-24)25-19-11-4-12-20-25/h1-21,27-28H. The molecule has 0 saturated heterocycles. The molecule has 0 saturated carbocycles. The van der Waals surface area contributed by atoms with Gasteiger partial charge in [0.1, 0.15) is 0 Å². The highest BCUT2D eigenvalue weighted by Crippen LogP contribution is 2.26. The second-order valence-electron chi connectivity index (χ2n) is 6.73. The van der Waals surface area contributed by atoms with Crippen molar-refractivity contribution in [2.45, 2.75) is 6.04 Å². The Morgan fingerprint density at radius 2 is 0.964 bits per heavy atom. The zero-order valence-electron chi connectivity index (χ0n) is 15.7. The molecule has 0 fully saturated rings. The monoisotopic (exact) mass is 361 g/mol. The highest BCUT2D eigenvalue weighted by Gasteiger charge is 2.15. The molecule has 4 aromatic carbocycles. The molecule has 4 aromatic rings. The molecule has 1 N–H and O–H groups in total. The summed E-state index contributed by atoms with van der Waals surface area (Å²) in [4.78, 5) is 0. The normalized spacial score (nSPS) is 11.4. The Bertz CT molecular complexity index is 967. The molecule has 0 radical (unpaired) electrons. The lowest BCUT2D eigenvalue weighted by Gasteiger charge is -2.23. The summed E-state index contributed by atoms with van der Waals surface area (Å²) in [6.07, 6.45) is 2.22. The third-order valence-corrected chi connectivity index (χ3v) is 4.76. The largest absolute Gasteiger partial charge is 0.374 e. The lowest BCUT2D eigenvalue weighted by molar-refractivity contribution is 0.746. The molecular formula is C27H23N. The average Bonchev–Trinajstić information content (AvgIpc) is 2.79. The zero-order valence-corrected chi connectivity index (χ0v) is 15.7. The van der Waals surface area contributed by atoms with E-state index in [1.165, 1.54) is 22.3 Å². The van der Waals surface area contributed by atoms with Gasteiger partial charge >= 0.3 is 0 Å². The Labute approximate surface area is 167 Å². The van der Waals surface area contributed by atoms with Gasteiger partial charge in [-0.05, 0) is 28.3 Å². The molecule has 0 amide bonds. The maximum Gasteiger partial charge on any atom is 0.0767 e. The van der Waals surface area contributed by atoms with E-state index in [0.29, 0.717) is 0 Å². The van der Waals surface area contributed by atoms with Gasteiger partial charge in [0, 0.05) is 5.70 Å². The van der Waals surface area contributed by atoms with Gasteiger partial charge in [0.2, 0.25) is 0 Å². The topological polar surface area (TPSA) is 12.0 Å². The molecule has 0 aliphatic heterocycles. The molecule has 0 unspecified atom stereocenters. The lowest BCUT2D eigenvalue weighted by Crippen LogP contribution is -2.21. The molecule has 0 spiro atoms. The smallest absolute Gasteiger partial charge is 0.0767 e. The lowest BCUT2D eigenvalue weighted by atomic mass is 9.97. The van der Waals surface area contributed by atoms with Crippen LogP contribution in [-0.2, 0) is 0 Å². The summed E-state index contributed by atoms with van der Waals surface area (Å²) in [6.45, 7) is 0. The third kappa shape index (κ3) is 4.39. The first-order valence-electron chi connectivity index (χ1n) is 9.59. The van der Waals surface area contributed by atoms with Crippen LogP contribution >= 0.6 is 0 Å². The second-order valence-corrected chi connectivity index (χ2v) is 6.73. The molecule has 0 atom stereocenters. The first-order valence-corrected chi connectivity index (χ1v) is 9.59. The fourth-order valence-electron chi connectivity index (χ4n) is 3.35. The van der Waals surface area contributed by atoms with E-state index < -0.39 is 0 Å². The van der Waals surface area contributed by atoms with E-state index in [1.807, 2.05) is 6.07 Å². The first kappa shape index (κ1) is 17.8. The van der Waals surface area contributed by atoms with E-state index in [1.54, 1.807) is 0 Å². The Kier molecular flexibility index (Phi) is 5.65. The molecule has 0 bridgehead atoms. The van der Waals surface area contributed by atoms with Crippen molar-refractivity contribution in [3.05, 3.63) is 144 Å². The summed E-state index contributed by atoms with van der Waals surface area (Å²) in [6, 6.07) is 42.2. The molecule has 0 aliphatic carbocycles. The molecule has 0 heterocycles. The number of rotatable bonds is 6. The fraction of sp³-hybridized carbons (Fsp3) is 0.0370. The van der Waals surface area contributed by atoms with Gasteiger partial charge in [0.05, 0.1) is 6.04 Å². The van der Waals surface area contributed by atoms with Crippen LogP contribution in [0.1, 0.15) is 28.3 Å². The van der Waals surface area contributed by atoms with Crippen LogP contribution in [0.3, 0.4) is 0 Å². The van der Waals surface area contributed by atoms with Gasteiger partial charge in [0.15, 0.2) is 0 Å². The minimum Gasteiger partial charge on any atom is -0.374 e. The van der Waals surface area contributed by atoms with Crippen LogP contribution in [0.4, 0.5) is 0 Å². The number of nitrogens with one attached hydrogen (secondary N) is 1.